The molecule has 0 spiro atoms. The number of rotatable bonds is 4. The van der Waals surface area contributed by atoms with Crippen LogP contribution in [0.1, 0.15) is 18.9 Å². The number of nitrogens with zero attached hydrogens (tertiary/aromatic N) is 3. The molecule has 0 amide bonds. The van der Waals surface area contributed by atoms with Crippen molar-refractivity contribution in [3.63, 3.8) is 0 Å². The molecule has 2 heterocycles. The summed E-state index contributed by atoms with van der Waals surface area (Å²) in [5, 5.41) is 6.69. The average Bonchev–Trinajstić information content (AvgIpc) is 3.03. The van der Waals surface area contributed by atoms with Crippen molar-refractivity contribution in [2.75, 3.05) is 5.32 Å². The highest BCUT2D eigenvalue weighted by molar-refractivity contribution is 5.72. The number of alkyl halides is 3. The summed E-state index contributed by atoms with van der Waals surface area (Å²) in [6.07, 6.45) is -1.66. The molecule has 0 saturated carbocycles. The minimum absolute atomic E-state index is 0.295. The van der Waals surface area contributed by atoms with Gasteiger partial charge in [0.1, 0.15) is 18.1 Å². The predicted octanol–water partition coefficient (Wildman–Crippen LogP) is 3.76. The van der Waals surface area contributed by atoms with Crippen molar-refractivity contribution in [2.45, 2.75) is 25.7 Å². The zero-order chi connectivity index (χ0) is 15.7. The van der Waals surface area contributed by atoms with Gasteiger partial charge in [0, 0.05) is 6.20 Å². The summed E-state index contributed by atoms with van der Waals surface area (Å²) in [4.78, 5) is 4.34. The third-order valence-corrected chi connectivity index (χ3v) is 3.04. The van der Waals surface area contributed by atoms with Crippen molar-refractivity contribution < 1.29 is 17.6 Å². The quantitative estimate of drug-likeness (QED) is 0.797. The number of oxazole rings is 1. The topological polar surface area (TPSA) is 55.9 Å². The van der Waals surface area contributed by atoms with Gasteiger partial charge >= 0.3 is 6.18 Å². The summed E-state index contributed by atoms with van der Waals surface area (Å²) in [7, 11) is 0. The predicted molar refractivity (Wildman–Crippen MR) is 74.3 cm³/mol. The van der Waals surface area contributed by atoms with E-state index in [0.29, 0.717) is 17.2 Å². The smallest absolute Gasteiger partial charge is 0.408 e. The Morgan fingerprint density at radius 2 is 2.09 bits per heavy atom. The van der Waals surface area contributed by atoms with Crippen LogP contribution in [0.15, 0.2) is 41.1 Å². The maximum atomic E-state index is 12.3. The number of benzene rings is 1. The lowest BCUT2D eigenvalue weighted by Crippen LogP contribution is -2.17. The Bertz CT molecular complexity index is 745. The first-order chi connectivity index (χ1) is 10.4. The number of nitrogens with one attached hydrogen (secondary N) is 1. The molecule has 0 saturated heterocycles. The van der Waals surface area contributed by atoms with Crippen LogP contribution in [0.3, 0.4) is 0 Å². The summed E-state index contributed by atoms with van der Waals surface area (Å²) in [5.74, 6) is 0.463. The van der Waals surface area contributed by atoms with Gasteiger partial charge in [-0.15, -0.1) is 0 Å². The van der Waals surface area contributed by atoms with Gasteiger partial charge in [-0.3, -0.25) is 4.68 Å². The standard InChI is InChI=1S/C14H13F3N4O/c1-9(13-20-11-4-2-3-5-12(11)22-13)19-10-6-18-21(7-10)8-14(15,16)17/h2-7,9,19H,8H2,1H3. The number of aromatic nitrogens is 3. The first-order valence-corrected chi connectivity index (χ1v) is 6.62. The molecule has 0 bridgehead atoms. The van der Waals surface area contributed by atoms with E-state index in [4.69, 9.17) is 4.42 Å². The SMILES string of the molecule is CC(Nc1cnn(CC(F)(F)F)c1)c1nc2ccccc2o1. The molecule has 1 aromatic carbocycles. The molecule has 0 aliphatic carbocycles. The highest BCUT2D eigenvalue weighted by Crippen LogP contribution is 2.23. The van der Waals surface area contributed by atoms with Crippen LogP contribution >= 0.6 is 0 Å². The van der Waals surface area contributed by atoms with E-state index < -0.39 is 12.7 Å². The van der Waals surface area contributed by atoms with Crippen molar-refractivity contribution in [1.82, 2.24) is 14.8 Å². The fourth-order valence-electron chi connectivity index (χ4n) is 2.10. The molecule has 3 aromatic rings. The summed E-state index contributed by atoms with van der Waals surface area (Å²) < 4.78 is 43.3. The van der Waals surface area contributed by atoms with E-state index in [0.717, 1.165) is 10.2 Å². The number of hydrogen-bond donors (Lipinski definition) is 1. The highest BCUT2D eigenvalue weighted by Gasteiger charge is 2.28. The van der Waals surface area contributed by atoms with Crippen molar-refractivity contribution in [3.05, 3.63) is 42.5 Å². The van der Waals surface area contributed by atoms with Crippen molar-refractivity contribution in [3.8, 4) is 0 Å². The van der Waals surface area contributed by atoms with Gasteiger partial charge in [0.25, 0.3) is 0 Å². The normalized spacial score (nSPS) is 13.5. The third-order valence-electron chi connectivity index (χ3n) is 3.04. The first kappa shape index (κ1) is 14.4. The Kier molecular flexibility index (Phi) is 3.51. The Labute approximate surface area is 123 Å². The molecule has 0 aliphatic rings. The van der Waals surface area contributed by atoms with Crippen molar-refractivity contribution in [1.29, 1.82) is 0 Å². The summed E-state index contributed by atoms with van der Waals surface area (Å²) in [5.41, 5.74) is 1.87. The number of anilines is 1. The van der Waals surface area contributed by atoms with Gasteiger partial charge < -0.3 is 9.73 Å². The third kappa shape index (κ3) is 3.21. The molecular formula is C14H13F3N4O. The minimum Gasteiger partial charge on any atom is -0.438 e. The fraction of sp³-hybridized carbons (Fsp3) is 0.286. The summed E-state index contributed by atoms with van der Waals surface area (Å²) in [6.45, 7) is 0.692. The van der Waals surface area contributed by atoms with Crippen molar-refractivity contribution >= 4 is 16.8 Å². The van der Waals surface area contributed by atoms with Gasteiger partial charge in [0.15, 0.2) is 5.58 Å². The molecule has 0 aliphatic heterocycles. The monoisotopic (exact) mass is 310 g/mol. The number of halogens is 3. The lowest BCUT2D eigenvalue weighted by molar-refractivity contribution is -0.142. The molecule has 0 fully saturated rings. The molecule has 1 N–H and O–H groups in total. The van der Waals surface area contributed by atoms with E-state index in [9.17, 15) is 13.2 Å². The lowest BCUT2D eigenvalue weighted by atomic mass is 10.3. The van der Waals surface area contributed by atoms with Crippen LogP contribution < -0.4 is 5.32 Å². The maximum absolute atomic E-state index is 12.3. The first-order valence-electron chi connectivity index (χ1n) is 6.62. The molecule has 5 nitrogen and oxygen atoms in total. The largest absolute Gasteiger partial charge is 0.438 e. The van der Waals surface area contributed by atoms with E-state index in [1.165, 1.54) is 12.4 Å². The van der Waals surface area contributed by atoms with Gasteiger partial charge in [0.2, 0.25) is 5.89 Å². The van der Waals surface area contributed by atoms with Gasteiger partial charge in [-0.2, -0.15) is 18.3 Å². The summed E-state index contributed by atoms with van der Waals surface area (Å²) in [6, 6.07) is 7.04. The molecule has 1 unspecified atom stereocenters. The van der Waals surface area contributed by atoms with Gasteiger partial charge in [-0.05, 0) is 19.1 Å². The molecule has 116 valence electrons. The van der Waals surface area contributed by atoms with Crippen LogP contribution in [0, 0.1) is 0 Å². The molecule has 22 heavy (non-hydrogen) atoms. The molecule has 8 heteroatoms. The van der Waals surface area contributed by atoms with Crippen LogP contribution in [0.5, 0.6) is 0 Å². The number of fused-ring (bicyclic) bond motifs is 1. The zero-order valence-electron chi connectivity index (χ0n) is 11.6. The second-order valence-electron chi connectivity index (χ2n) is 4.93. The second-order valence-corrected chi connectivity index (χ2v) is 4.93. The van der Waals surface area contributed by atoms with Crippen LogP contribution in [-0.2, 0) is 6.54 Å². The maximum Gasteiger partial charge on any atom is 0.408 e. The second kappa shape index (κ2) is 5.36. The van der Waals surface area contributed by atoms with Crippen LogP contribution in [0.25, 0.3) is 11.1 Å². The Hall–Kier alpha value is -2.51. The van der Waals surface area contributed by atoms with Crippen molar-refractivity contribution in [2.24, 2.45) is 0 Å². The van der Waals surface area contributed by atoms with E-state index in [2.05, 4.69) is 15.4 Å². The Balaban J connectivity index is 1.72. The molecule has 0 radical (unpaired) electrons. The van der Waals surface area contributed by atoms with Gasteiger partial charge in [-0.1, -0.05) is 12.1 Å². The summed E-state index contributed by atoms with van der Waals surface area (Å²) >= 11 is 0. The Morgan fingerprint density at radius 1 is 1.32 bits per heavy atom. The number of hydrogen-bond acceptors (Lipinski definition) is 4. The van der Waals surface area contributed by atoms with Gasteiger partial charge in [-0.25, -0.2) is 4.98 Å². The van der Waals surface area contributed by atoms with Gasteiger partial charge in [0.05, 0.1) is 11.9 Å². The Morgan fingerprint density at radius 3 is 2.82 bits per heavy atom. The number of para-hydroxylation sites is 2. The average molecular weight is 310 g/mol. The van der Waals surface area contributed by atoms with Crippen LogP contribution in [-0.4, -0.2) is 20.9 Å². The molecule has 2 aromatic heterocycles. The van der Waals surface area contributed by atoms with E-state index in [1.807, 2.05) is 25.1 Å². The van der Waals surface area contributed by atoms with E-state index >= 15 is 0 Å². The van der Waals surface area contributed by atoms with Crippen LogP contribution in [0.4, 0.5) is 18.9 Å². The van der Waals surface area contributed by atoms with E-state index in [-0.39, 0.29) is 6.04 Å². The zero-order valence-corrected chi connectivity index (χ0v) is 11.6. The molecule has 3 rings (SSSR count). The lowest BCUT2D eigenvalue weighted by Gasteiger charge is -2.09. The molecule has 1 atom stereocenters. The van der Waals surface area contributed by atoms with Crippen LogP contribution in [0.2, 0.25) is 0 Å². The fourth-order valence-corrected chi connectivity index (χ4v) is 2.10. The molecular weight excluding hydrogens is 297 g/mol. The minimum atomic E-state index is -4.30. The van der Waals surface area contributed by atoms with E-state index in [1.54, 1.807) is 6.07 Å². The highest BCUT2D eigenvalue weighted by atomic mass is 19.4.